The molecule has 2 amide bonds. The number of amides is 2. The lowest BCUT2D eigenvalue weighted by molar-refractivity contribution is -0.115. The van der Waals surface area contributed by atoms with Crippen molar-refractivity contribution < 1.29 is 14.1 Å². The standard InChI is InChI=1S/C21H18N6O3/c1-13-23-20(26-25-13)15-8-5-9-16(10-15)24-19(28)12-22-21(29)17-11-18(30-27-17)14-6-3-2-4-7-14/h2-11H,12H2,1H3,(H,22,29)(H,24,28)(H,23,25,26). The lowest BCUT2D eigenvalue weighted by atomic mass is 10.1. The molecule has 0 saturated carbocycles. The number of hydrogen-bond donors (Lipinski definition) is 3. The molecule has 0 aliphatic heterocycles. The summed E-state index contributed by atoms with van der Waals surface area (Å²) in [7, 11) is 0. The highest BCUT2D eigenvalue weighted by Gasteiger charge is 2.15. The van der Waals surface area contributed by atoms with Gasteiger partial charge in [-0.25, -0.2) is 4.98 Å². The van der Waals surface area contributed by atoms with Crippen molar-refractivity contribution in [1.82, 2.24) is 25.7 Å². The van der Waals surface area contributed by atoms with Gasteiger partial charge in [-0.15, -0.1) is 0 Å². The first kappa shape index (κ1) is 19.1. The summed E-state index contributed by atoms with van der Waals surface area (Å²) in [4.78, 5) is 28.7. The van der Waals surface area contributed by atoms with Crippen LogP contribution < -0.4 is 10.6 Å². The van der Waals surface area contributed by atoms with E-state index in [-0.39, 0.29) is 18.1 Å². The number of nitrogens with zero attached hydrogens (tertiary/aromatic N) is 3. The number of aromatic nitrogens is 4. The van der Waals surface area contributed by atoms with Gasteiger partial charge < -0.3 is 15.2 Å². The van der Waals surface area contributed by atoms with Crippen LogP contribution in [-0.4, -0.2) is 38.7 Å². The number of carbonyl (C=O) groups excluding carboxylic acids is 2. The Morgan fingerprint density at radius 2 is 1.83 bits per heavy atom. The zero-order valence-electron chi connectivity index (χ0n) is 16.0. The first-order chi connectivity index (χ1) is 14.6. The quantitative estimate of drug-likeness (QED) is 0.455. The molecule has 9 heteroatoms. The molecule has 0 spiro atoms. The highest BCUT2D eigenvalue weighted by Crippen LogP contribution is 2.20. The van der Waals surface area contributed by atoms with E-state index in [0.29, 0.717) is 23.1 Å². The molecule has 4 rings (SSSR count). The molecule has 0 saturated heterocycles. The SMILES string of the molecule is Cc1nc(-c2cccc(NC(=O)CNC(=O)c3cc(-c4ccccc4)on3)c2)n[nH]1. The molecule has 0 aliphatic rings. The fourth-order valence-electron chi connectivity index (χ4n) is 2.78. The summed E-state index contributed by atoms with van der Waals surface area (Å²) >= 11 is 0. The van der Waals surface area contributed by atoms with E-state index in [0.717, 1.165) is 11.1 Å². The van der Waals surface area contributed by atoms with Crippen LogP contribution in [-0.2, 0) is 4.79 Å². The van der Waals surface area contributed by atoms with E-state index < -0.39 is 5.91 Å². The lowest BCUT2D eigenvalue weighted by Crippen LogP contribution is -2.33. The van der Waals surface area contributed by atoms with E-state index in [1.807, 2.05) is 43.3 Å². The highest BCUT2D eigenvalue weighted by atomic mass is 16.5. The van der Waals surface area contributed by atoms with Gasteiger partial charge in [-0.05, 0) is 19.1 Å². The average molecular weight is 402 g/mol. The van der Waals surface area contributed by atoms with Crippen molar-refractivity contribution in [1.29, 1.82) is 0 Å². The summed E-state index contributed by atoms with van der Waals surface area (Å²) in [6, 6.07) is 18.0. The molecule has 0 fully saturated rings. The third-order valence-electron chi connectivity index (χ3n) is 4.21. The molecule has 2 aromatic heterocycles. The molecule has 0 bridgehead atoms. The van der Waals surface area contributed by atoms with E-state index in [1.165, 1.54) is 6.07 Å². The normalized spacial score (nSPS) is 10.6. The summed E-state index contributed by atoms with van der Waals surface area (Å²) in [5.74, 6) is 0.839. The van der Waals surface area contributed by atoms with E-state index >= 15 is 0 Å². The average Bonchev–Trinajstić information content (AvgIpc) is 3.42. The minimum Gasteiger partial charge on any atom is -0.355 e. The molecule has 0 radical (unpaired) electrons. The predicted octanol–water partition coefficient (Wildman–Crippen LogP) is 2.80. The molecule has 30 heavy (non-hydrogen) atoms. The van der Waals surface area contributed by atoms with Crippen molar-refractivity contribution in [2.75, 3.05) is 11.9 Å². The van der Waals surface area contributed by atoms with Gasteiger partial charge in [0.2, 0.25) is 5.91 Å². The minimum atomic E-state index is -0.499. The maximum atomic E-state index is 12.3. The molecule has 2 aromatic carbocycles. The summed E-state index contributed by atoms with van der Waals surface area (Å²) in [5, 5.41) is 15.9. The molecule has 150 valence electrons. The van der Waals surface area contributed by atoms with E-state index in [4.69, 9.17) is 4.52 Å². The lowest BCUT2D eigenvalue weighted by Gasteiger charge is -2.07. The predicted molar refractivity (Wildman–Crippen MR) is 109 cm³/mol. The van der Waals surface area contributed by atoms with Gasteiger partial charge in [0.1, 0.15) is 5.82 Å². The minimum absolute atomic E-state index is 0.101. The maximum absolute atomic E-state index is 12.3. The summed E-state index contributed by atoms with van der Waals surface area (Å²) in [6.45, 7) is 1.60. The zero-order chi connectivity index (χ0) is 20.9. The maximum Gasteiger partial charge on any atom is 0.273 e. The van der Waals surface area contributed by atoms with Crippen molar-refractivity contribution >= 4 is 17.5 Å². The van der Waals surface area contributed by atoms with Gasteiger partial charge in [0.15, 0.2) is 17.3 Å². The van der Waals surface area contributed by atoms with Gasteiger partial charge in [0.25, 0.3) is 5.91 Å². The molecule has 0 unspecified atom stereocenters. The fourth-order valence-corrected chi connectivity index (χ4v) is 2.78. The Balaban J connectivity index is 1.34. The van der Waals surface area contributed by atoms with Gasteiger partial charge in [-0.1, -0.05) is 47.6 Å². The largest absolute Gasteiger partial charge is 0.355 e. The van der Waals surface area contributed by atoms with E-state index in [1.54, 1.807) is 18.2 Å². The van der Waals surface area contributed by atoms with Crippen molar-refractivity contribution in [3.05, 3.63) is 72.2 Å². The first-order valence-corrected chi connectivity index (χ1v) is 9.18. The Labute approximate surface area is 171 Å². The molecule has 0 aliphatic carbocycles. The van der Waals surface area contributed by atoms with Gasteiger partial charge in [-0.2, -0.15) is 5.10 Å². The topological polar surface area (TPSA) is 126 Å². The zero-order valence-corrected chi connectivity index (χ0v) is 16.0. The van der Waals surface area contributed by atoms with Gasteiger partial charge in [-0.3, -0.25) is 14.7 Å². The second kappa shape index (κ2) is 8.39. The Hall–Kier alpha value is -4.27. The van der Waals surface area contributed by atoms with Crippen LogP contribution >= 0.6 is 0 Å². The molecule has 0 atom stereocenters. The van der Waals surface area contributed by atoms with Crippen LogP contribution in [0.3, 0.4) is 0 Å². The van der Waals surface area contributed by atoms with Crippen molar-refractivity contribution in [2.45, 2.75) is 6.92 Å². The number of anilines is 1. The number of H-pyrrole nitrogens is 1. The van der Waals surface area contributed by atoms with Crippen LogP contribution in [0, 0.1) is 6.92 Å². The number of rotatable bonds is 6. The van der Waals surface area contributed by atoms with Crippen LogP contribution in [0.15, 0.2) is 65.2 Å². The third-order valence-corrected chi connectivity index (χ3v) is 4.21. The first-order valence-electron chi connectivity index (χ1n) is 9.18. The van der Waals surface area contributed by atoms with Crippen molar-refractivity contribution in [3.8, 4) is 22.7 Å². The molecule has 2 heterocycles. The second-order valence-electron chi connectivity index (χ2n) is 6.50. The monoisotopic (exact) mass is 402 g/mol. The number of aryl methyl sites for hydroxylation is 1. The van der Waals surface area contributed by atoms with Crippen molar-refractivity contribution in [2.24, 2.45) is 0 Å². The molecular formula is C21H18N6O3. The Morgan fingerprint density at radius 3 is 2.60 bits per heavy atom. The van der Waals surface area contributed by atoms with Gasteiger partial charge in [0.05, 0.1) is 6.54 Å². The van der Waals surface area contributed by atoms with Gasteiger partial charge in [0, 0.05) is 22.9 Å². The number of aromatic amines is 1. The number of nitrogens with one attached hydrogen (secondary N) is 3. The fraction of sp³-hybridized carbons (Fsp3) is 0.0952. The van der Waals surface area contributed by atoms with Crippen molar-refractivity contribution in [3.63, 3.8) is 0 Å². The molecular weight excluding hydrogens is 384 g/mol. The second-order valence-corrected chi connectivity index (χ2v) is 6.50. The number of carbonyl (C=O) groups is 2. The van der Waals surface area contributed by atoms with Crippen LogP contribution in [0.1, 0.15) is 16.3 Å². The Kier molecular flexibility index (Phi) is 5.33. The molecule has 9 nitrogen and oxygen atoms in total. The summed E-state index contributed by atoms with van der Waals surface area (Å²) in [6.07, 6.45) is 0. The number of benzene rings is 2. The van der Waals surface area contributed by atoms with Gasteiger partial charge >= 0.3 is 0 Å². The molecule has 3 N–H and O–H groups in total. The summed E-state index contributed by atoms with van der Waals surface area (Å²) in [5.41, 5.74) is 2.24. The summed E-state index contributed by atoms with van der Waals surface area (Å²) < 4.78 is 5.21. The van der Waals surface area contributed by atoms with E-state index in [9.17, 15) is 9.59 Å². The number of hydrogen-bond acceptors (Lipinski definition) is 6. The van der Waals surface area contributed by atoms with E-state index in [2.05, 4.69) is 31.0 Å². The van der Waals surface area contributed by atoms with Crippen LogP contribution in [0.25, 0.3) is 22.7 Å². The van der Waals surface area contributed by atoms with Crippen LogP contribution in [0.5, 0.6) is 0 Å². The smallest absolute Gasteiger partial charge is 0.273 e. The Morgan fingerprint density at radius 1 is 1.03 bits per heavy atom. The third kappa shape index (κ3) is 4.41. The van der Waals surface area contributed by atoms with Crippen LogP contribution in [0.4, 0.5) is 5.69 Å². The highest BCUT2D eigenvalue weighted by molar-refractivity contribution is 5.98. The van der Waals surface area contributed by atoms with Crippen LogP contribution in [0.2, 0.25) is 0 Å². The Bertz CT molecular complexity index is 1180. The molecule has 4 aromatic rings.